The number of aliphatic hydroxyl groups excluding tert-OH is 1. The highest BCUT2D eigenvalue weighted by Crippen LogP contribution is 2.29. The van der Waals surface area contributed by atoms with Crippen molar-refractivity contribution in [3.63, 3.8) is 0 Å². The minimum atomic E-state index is -0.121. The van der Waals surface area contributed by atoms with Crippen LogP contribution in [0.15, 0.2) is 52.9 Å². The standard InChI is InChI=1S/C23H24N2O3/c26-14-15-1-3-16(4-2-15)18-5-6-19-12-22(28-21(19)11-18)23(27)24-20-13-25-9-7-17(20)8-10-25/h1-6,11-12,17,20,26H,7-10,13-14H2,(H,24,27)/t20-/m0/s1. The molecule has 4 heterocycles. The van der Waals surface area contributed by atoms with Gasteiger partial charge in [0.1, 0.15) is 5.58 Å². The maximum atomic E-state index is 12.7. The summed E-state index contributed by atoms with van der Waals surface area (Å²) in [5.74, 6) is 0.842. The fourth-order valence-corrected chi connectivity index (χ4v) is 4.49. The first-order chi connectivity index (χ1) is 13.7. The summed E-state index contributed by atoms with van der Waals surface area (Å²) >= 11 is 0. The van der Waals surface area contributed by atoms with Crippen molar-refractivity contribution in [1.29, 1.82) is 0 Å². The van der Waals surface area contributed by atoms with E-state index in [1.54, 1.807) is 0 Å². The summed E-state index contributed by atoms with van der Waals surface area (Å²) < 4.78 is 5.89. The van der Waals surface area contributed by atoms with Gasteiger partial charge in [-0.1, -0.05) is 36.4 Å². The van der Waals surface area contributed by atoms with E-state index < -0.39 is 0 Å². The number of aliphatic hydroxyl groups is 1. The van der Waals surface area contributed by atoms with Crippen LogP contribution < -0.4 is 5.32 Å². The van der Waals surface area contributed by atoms with Gasteiger partial charge in [0.25, 0.3) is 5.91 Å². The molecule has 1 amide bonds. The van der Waals surface area contributed by atoms with Gasteiger partial charge >= 0.3 is 0 Å². The number of nitrogens with one attached hydrogen (secondary N) is 1. The molecule has 1 aromatic heterocycles. The zero-order chi connectivity index (χ0) is 19.1. The van der Waals surface area contributed by atoms with Crippen LogP contribution in [-0.4, -0.2) is 41.6 Å². The van der Waals surface area contributed by atoms with E-state index in [4.69, 9.17) is 4.42 Å². The second-order valence-corrected chi connectivity index (χ2v) is 7.94. The Balaban J connectivity index is 1.36. The lowest BCUT2D eigenvalue weighted by Gasteiger charge is -2.44. The SMILES string of the molecule is O=C(N[C@H]1CN2CCC1CC2)c1cc2ccc(-c3ccc(CO)cc3)cc2o1. The molecular formula is C23H24N2O3. The van der Waals surface area contributed by atoms with Crippen molar-refractivity contribution in [1.82, 2.24) is 10.2 Å². The smallest absolute Gasteiger partial charge is 0.287 e. The molecule has 3 fully saturated rings. The molecule has 5 nitrogen and oxygen atoms in total. The highest BCUT2D eigenvalue weighted by Gasteiger charge is 2.35. The Bertz CT molecular complexity index is 1000. The number of rotatable bonds is 4. The molecule has 2 N–H and O–H groups in total. The molecule has 0 radical (unpaired) electrons. The van der Waals surface area contributed by atoms with Crippen LogP contribution in [0.4, 0.5) is 0 Å². The number of furan rings is 1. The molecule has 144 valence electrons. The van der Waals surface area contributed by atoms with Crippen molar-refractivity contribution < 1.29 is 14.3 Å². The second kappa shape index (κ2) is 7.08. The van der Waals surface area contributed by atoms with Gasteiger partial charge in [-0.2, -0.15) is 0 Å². The fraction of sp³-hybridized carbons (Fsp3) is 0.348. The summed E-state index contributed by atoms with van der Waals surface area (Å²) in [6.45, 7) is 3.30. The van der Waals surface area contributed by atoms with Crippen molar-refractivity contribution in [2.45, 2.75) is 25.5 Å². The summed E-state index contributed by atoms with van der Waals surface area (Å²) in [6, 6.07) is 15.8. The quantitative estimate of drug-likeness (QED) is 0.732. The Labute approximate surface area is 164 Å². The number of hydrogen-bond donors (Lipinski definition) is 2. The third kappa shape index (κ3) is 3.21. The van der Waals surface area contributed by atoms with Gasteiger partial charge in [-0.3, -0.25) is 4.79 Å². The molecule has 28 heavy (non-hydrogen) atoms. The van der Waals surface area contributed by atoms with Gasteiger partial charge in [0.05, 0.1) is 6.61 Å². The average Bonchev–Trinajstić information content (AvgIpc) is 3.18. The third-order valence-electron chi connectivity index (χ3n) is 6.19. The molecule has 0 aliphatic carbocycles. The number of nitrogens with zero attached hydrogens (tertiary/aromatic N) is 1. The van der Waals surface area contributed by atoms with E-state index in [1.807, 2.05) is 48.5 Å². The predicted octanol–water partition coefficient (Wildman–Crippen LogP) is 3.42. The number of benzene rings is 2. The Morgan fingerprint density at radius 2 is 1.82 bits per heavy atom. The summed E-state index contributed by atoms with van der Waals surface area (Å²) in [6.07, 6.45) is 2.34. The van der Waals surface area contributed by atoms with Crippen molar-refractivity contribution in [2.75, 3.05) is 19.6 Å². The minimum absolute atomic E-state index is 0.0373. The molecule has 3 saturated heterocycles. The van der Waals surface area contributed by atoms with E-state index in [1.165, 1.54) is 12.8 Å². The van der Waals surface area contributed by atoms with E-state index in [2.05, 4.69) is 10.2 Å². The topological polar surface area (TPSA) is 65.7 Å². The van der Waals surface area contributed by atoms with Crippen LogP contribution in [-0.2, 0) is 6.61 Å². The zero-order valence-electron chi connectivity index (χ0n) is 15.7. The van der Waals surface area contributed by atoms with E-state index in [-0.39, 0.29) is 18.6 Å². The molecule has 0 unspecified atom stereocenters. The van der Waals surface area contributed by atoms with E-state index in [0.717, 1.165) is 41.7 Å². The van der Waals surface area contributed by atoms with Crippen LogP contribution in [0.3, 0.4) is 0 Å². The van der Waals surface area contributed by atoms with Crippen molar-refractivity contribution in [2.24, 2.45) is 5.92 Å². The second-order valence-electron chi connectivity index (χ2n) is 7.94. The van der Waals surface area contributed by atoms with Gasteiger partial charge in [-0.25, -0.2) is 0 Å². The number of carbonyl (C=O) groups excluding carboxylic acids is 1. The molecule has 2 aromatic carbocycles. The lowest BCUT2D eigenvalue weighted by Crippen LogP contribution is -2.57. The maximum absolute atomic E-state index is 12.7. The molecule has 1 atom stereocenters. The zero-order valence-corrected chi connectivity index (χ0v) is 15.7. The van der Waals surface area contributed by atoms with Crippen LogP contribution in [0, 0.1) is 5.92 Å². The summed E-state index contributed by atoms with van der Waals surface area (Å²) in [4.78, 5) is 15.2. The Morgan fingerprint density at radius 1 is 1.07 bits per heavy atom. The largest absolute Gasteiger partial charge is 0.451 e. The van der Waals surface area contributed by atoms with Gasteiger partial charge in [0, 0.05) is 18.0 Å². The van der Waals surface area contributed by atoms with Crippen LogP contribution in [0.25, 0.3) is 22.1 Å². The van der Waals surface area contributed by atoms with Crippen molar-refractivity contribution in [3.05, 3.63) is 59.9 Å². The van der Waals surface area contributed by atoms with Crippen molar-refractivity contribution in [3.8, 4) is 11.1 Å². The Morgan fingerprint density at radius 3 is 2.50 bits per heavy atom. The first kappa shape index (κ1) is 17.5. The first-order valence-electron chi connectivity index (χ1n) is 9.96. The molecule has 5 heteroatoms. The van der Waals surface area contributed by atoms with E-state index in [9.17, 15) is 9.90 Å². The molecule has 3 aliphatic heterocycles. The number of amides is 1. The summed E-state index contributed by atoms with van der Waals surface area (Å²) in [5, 5.41) is 13.3. The van der Waals surface area contributed by atoms with Crippen LogP contribution in [0.2, 0.25) is 0 Å². The fourth-order valence-electron chi connectivity index (χ4n) is 4.49. The number of carbonyl (C=O) groups is 1. The van der Waals surface area contributed by atoms with Crippen LogP contribution in [0.5, 0.6) is 0 Å². The Hall–Kier alpha value is -2.63. The van der Waals surface area contributed by atoms with Gasteiger partial charge in [-0.05, 0) is 60.7 Å². The lowest BCUT2D eigenvalue weighted by atomic mass is 9.84. The molecule has 2 bridgehead atoms. The monoisotopic (exact) mass is 376 g/mol. The minimum Gasteiger partial charge on any atom is -0.451 e. The first-order valence-corrected chi connectivity index (χ1v) is 9.96. The Kier molecular flexibility index (Phi) is 4.41. The lowest BCUT2D eigenvalue weighted by molar-refractivity contribution is 0.0607. The van der Waals surface area contributed by atoms with Gasteiger partial charge in [-0.15, -0.1) is 0 Å². The van der Waals surface area contributed by atoms with Crippen LogP contribution >= 0.6 is 0 Å². The van der Waals surface area contributed by atoms with Crippen LogP contribution in [0.1, 0.15) is 29.0 Å². The molecule has 0 spiro atoms. The number of piperidine rings is 3. The van der Waals surface area contributed by atoms with Gasteiger partial charge < -0.3 is 19.7 Å². The molecule has 6 rings (SSSR count). The predicted molar refractivity (Wildman–Crippen MR) is 108 cm³/mol. The summed E-state index contributed by atoms with van der Waals surface area (Å²) in [7, 11) is 0. The average molecular weight is 376 g/mol. The molecule has 0 saturated carbocycles. The van der Waals surface area contributed by atoms with Gasteiger partial charge in [0.15, 0.2) is 5.76 Å². The normalized spacial score (nSPS) is 23.8. The molecular weight excluding hydrogens is 352 g/mol. The number of hydrogen-bond acceptors (Lipinski definition) is 4. The van der Waals surface area contributed by atoms with Gasteiger partial charge in [0.2, 0.25) is 0 Å². The molecule has 3 aromatic rings. The highest BCUT2D eigenvalue weighted by molar-refractivity contribution is 5.97. The highest BCUT2D eigenvalue weighted by atomic mass is 16.3. The number of fused-ring (bicyclic) bond motifs is 4. The van der Waals surface area contributed by atoms with E-state index >= 15 is 0 Å². The van der Waals surface area contributed by atoms with E-state index in [0.29, 0.717) is 17.3 Å². The third-order valence-corrected chi connectivity index (χ3v) is 6.19. The molecule has 3 aliphatic rings. The van der Waals surface area contributed by atoms with Crippen molar-refractivity contribution >= 4 is 16.9 Å². The summed E-state index contributed by atoms with van der Waals surface area (Å²) in [5.41, 5.74) is 3.67. The maximum Gasteiger partial charge on any atom is 0.287 e.